The van der Waals surface area contributed by atoms with Gasteiger partial charge in [0, 0.05) is 18.4 Å². The number of rotatable bonds is 7. The zero-order valence-corrected chi connectivity index (χ0v) is 14.3. The van der Waals surface area contributed by atoms with Gasteiger partial charge in [-0.15, -0.1) is 0 Å². The molecular weight excluding hydrogens is 334 g/mol. The number of hydrogen-bond acceptors (Lipinski definition) is 5. The van der Waals surface area contributed by atoms with Crippen molar-refractivity contribution < 1.29 is 19.4 Å². The molecule has 0 unspecified atom stereocenters. The van der Waals surface area contributed by atoms with Crippen LogP contribution < -0.4 is 10.1 Å². The van der Waals surface area contributed by atoms with Gasteiger partial charge in [0.05, 0.1) is 17.6 Å². The van der Waals surface area contributed by atoms with Gasteiger partial charge in [-0.3, -0.25) is 14.9 Å². The average molecular weight is 353 g/mol. The average Bonchev–Trinajstić information content (AvgIpc) is 3.04. The van der Waals surface area contributed by atoms with E-state index < -0.39 is 0 Å². The van der Waals surface area contributed by atoms with Gasteiger partial charge in [-0.25, -0.2) is 4.98 Å². The van der Waals surface area contributed by atoms with Crippen LogP contribution in [0.5, 0.6) is 11.5 Å². The molecule has 0 bridgehead atoms. The summed E-state index contributed by atoms with van der Waals surface area (Å²) in [5.41, 5.74) is 1.97. The summed E-state index contributed by atoms with van der Waals surface area (Å²) in [6.45, 7) is 2.17. The molecule has 0 atom stereocenters. The molecule has 0 fully saturated rings. The van der Waals surface area contributed by atoms with Gasteiger partial charge in [0.1, 0.15) is 0 Å². The molecule has 1 aromatic heterocycles. The zero-order valence-electron chi connectivity index (χ0n) is 14.3. The van der Waals surface area contributed by atoms with Crippen LogP contribution in [-0.2, 0) is 4.79 Å². The summed E-state index contributed by atoms with van der Waals surface area (Å²) in [5, 5.41) is 12.3. The molecule has 0 saturated carbocycles. The number of Topliss-reactive ketones (excluding diaryl/α,β-unsaturated/α-hetero) is 1. The number of ketones is 1. The number of aromatic hydroxyl groups is 1. The van der Waals surface area contributed by atoms with Gasteiger partial charge in [-0.1, -0.05) is 12.1 Å². The lowest BCUT2D eigenvalue weighted by atomic mass is 10.1. The Kier molecular flexibility index (Phi) is 5.17. The summed E-state index contributed by atoms with van der Waals surface area (Å²) in [4.78, 5) is 31.6. The Morgan fingerprint density at radius 3 is 2.77 bits per heavy atom. The lowest BCUT2D eigenvalue weighted by Gasteiger charge is -2.08. The van der Waals surface area contributed by atoms with E-state index in [1.165, 1.54) is 18.2 Å². The van der Waals surface area contributed by atoms with Gasteiger partial charge in [0.2, 0.25) is 11.9 Å². The first-order valence-electron chi connectivity index (χ1n) is 8.30. The number of para-hydroxylation sites is 2. The fraction of sp³-hybridized carbons (Fsp3) is 0.211. The minimum Gasteiger partial charge on any atom is -0.504 e. The van der Waals surface area contributed by atoms with Crippen LogP contribution in [0.25, 0.3) is 11.0 Å². The van der Waals surface area contributed by atoms with Gasteiger partial charge < -0.3 is 14.8 Å². The number of H-pyrrole nitrogens is 1. The van der Waals surface area contributed by atoms with Crippen LogP contribution in [0.1, 0.15) is 30.1 Å². The molecular formula is C19H19N3O4. The molecule has 7 nitrogen and oxygen atoms in total. The predicted octanol–water partition coefficient (Wildman–Crippen LogP) is 3.27. The predicted molar refractivity (Wildman–Crippen MR) is 97.6 cm³/mol. The van der Waals surface area contributed by atoms with E-state index in [-0.39, 0.29) is 36.0 Å². The zero-order chi connectivity index (χ0) is 18.5. The third kappa shape index (κ3) is 4.00. The number of imidazole rings is 1. The van der Waals surface area contributed by atoms with Crippen molar-refractivity contribution in [3.8, 4) is 11.5 Å². The third-order valence-electron chi connectivity index (χ3n) is 3.81. The van der Waals surface area contributed by atoms with Crippen LogP contribution in [0.4, 0.5) is 5.95 Å². The fourth-order valence-corrected chi connectivity index (χ4v) is 2.54. The van der Waals surface area contributed by atoms with Crippen LogP contribution in [0, 0.1) is 0 Å². The highest BCUT2D eigenvalue weighted by Crippen LogP contribution is 2.27. The molecule has 3 aromatic rings. The van der Waals surface area contributed by atoms with Gasteiger partial charge >= 0.3 is 0 Å². The van der Waals surface area contributed by atoms with E-state index in [9.17, 15) is 14.7 Å². The highest BCUT2D eigenvalue weighted by atomic mass is 16.5. The standard InChI is InChI=1S/C19H19N3O4/c1-2-26-17-11-12(7-8-16(17)24)15(23)9-10-18(25)22-19-20-13-5-3-4-6-14(13)21-19/h3-8,11,24H,2,9-10H2,1H3,(H2,20,21,22,25). The van der Waals surface area contributed by atoms with Gasteiger partial charge in [0.15, 0.2) is 17.3 Å². The van der Waals surface area contributed by atoms with E-state index in [0.717, 1.165) is 11.0 Å². The van der Waals surface area contributed by atoms with Crippen molar-refractivity contribution in [2.24, 2.45) is 0 Å². The molecule has 26 heavy (non-hydrogen) atoms. The van der Waals surface area contributed by atoms with Crippen molar-refractivity contribution in [3.63, 3.8) is 0 Å². The van der Waals surface area contributed by atoms with Gasteiger partial charge in [-0.2, -0.15) is 0 Å². The molecule has 0 radical (unpaired) electrons. The second-order valence-electron chi connectivity index (χ2n) is 5.69. The van der Waals surface area contributed by atoms with Crippen LogP contribution in [0.2, 0.25) is 0 Å². The number of ether oxygens (including phenoxy) is 1. The van der Waals surface area contributed by atoms with Crippen LogP contribution >= 0.6 is 0 Å². The molecule has 3 rings (SSSR count). The second kappa shape index (κ2) is 7.69. The minimum atomic E-state index is -0.304. The number of aromatic nitrogens is 2. The number of hydrogen-bond donors (Lipinski definition) is 3. The summed E-state index contributed by atoms with van der Waals surface area (Å²) in [6.07, 6.45) is 0.0725. The highest BCUT2D eigenvalue weighted by Gasteiger charge is 2.13. The van der Waals surface area contributed by atoms with Crippen LogP contribution in [0.3, 0.4) is 0 Å². The smallest absolute Gasteiger partial charge is 0.227 e. The van der Waals surface area contributed by atoms with Crippen molar-refractivity contribution in [1.82, 2.24) is 9.97 Å². The lowest BCUT2D eigenvalue weighted by molar-refractivity contribution is -0.116. The number of carbonyl (C=O) groups is 2. The first kappa shape index (κ1) is 17.5. The minimum absolute atomic E-state index is 0.0222. The molecule has 3 N–H and O–H groups in total. The maximum absolute atomic E-state index is 12.3. The summed E-state index contributed by atoms with van der Waals surface area (Å²) in [7, 11) is 0. The molecule has 134 valence electrons. The molecule has 0 aliphatic carbocycles. The van der Waals surface area contributed by atoms with Crippen LogP contribution in [0.15, 0.2) is 42.5 Å². The molecule has 0 aliphatic rings. The topological polar surface area (TPSA) is 104 Å². The quantitative estimate of drug-likeness (QED) is 0.566. The van der Waals surface area contributed by atoms with Crippen molar-refractivity contribution >= 4 is 28.7 Å². The summed E-state index contributed by atoms with van der Waals surface area (Å²) in [5.74, 6) is 0.0787. The van der Waals surface area contributed by atoms with E-state index in [2.05, 4.69) is 15.3 Å². The number of phenols is 1. The monoisotopic (exact) mass is 353 g/mol. The number of amides is 1. The number of nitrogens with zero attached hydrogens (tertiary/aromatic N) is 1. The number of anilines is 1. The van der Waals surface area contributed by atoms with E-state index in [4.69, 9.17) is 4.74 Å². The number of phenolic OH excluding ortho intramolecular Hbond substituents is 1. The Labute approximate surface area is 150 Å². The number of fused-ring (bicyclic) bond motifs is 1. The highest BCUT2D eigenvalue weighted by molar-refractivity contribution is 6.00. The molecule has 0 aliphatic heterocycles. The Hall–Kier alpha value is -3.35. The van der Waals surface area contributed by atoms with E-state index in [0.29, 0.717) is 18.1 Å². The van der Waals surface area contributed by atoms with Crippen molar-refractivity contribution in [2.45, 2.75) is 19.8 Å². The summed E-state index contributed by atoms with van der Waals surface area (Å²) >= 11 is 0. The Balaban J connectivity index is 1.58. The Morgan fingerprint density at radius 1 is 1.19 bits per heavy atom. The normalized spacial score (nSPS) is 10.7. The van der Waals surface area contributed by atoms with Crippen LogP contribution in [-0.4, -0.2) is 33.4 Å². The second-order valence-corrected chi connectivity index (χ2v) is 5.69. The Morgan fingerprint density at radius 2 is 2.00 bits per heavy atom. The third-order valence-corrected chi connectivity index (χ3v) is 3.81. The first-order valence-corrected chi connectivity index (χ1v) is 8.30. The molecule has 0 spiro atoms. The van der Waals surface area contributed by atoms with Crippen molar-refractivity contribution in [2.75, 3.05) is 11.9 Å². The number of benzene rings is 2. The SMILES string of the molecule is CCOc1cc(C(=O)CCC(=O)Nc2nc3ccccc3[nH]2)ccc1O. The van der Waals surface area contributed by atoms with Crippen molar-refractivity contribution in [1.29, 1.82) is 0 Å². The summed E-state index contributed by atoms with van der Waals surface area (Å²) in [6, 6.07) is 11.8. The number of nitrogens with one attached hydrogen (secondary N) is 2. The first-order chi connectivity index (χ1) is 12.6. The lowest BCUT2D eigenvalue weighted by Crippen LogP contribution is -2.14. The van der Waals surface area contributed by atoms with E-state index >= 15 is 0 Å². The molecule has 1 amide bonds. The largest absolute Gasteiger partial charge is 0.504 e. The number of carbonyl (C=O) groups excluding carboxylic acids is 2. The molecule has 1 heterocycles. The number of aromatic amines is 1. The Bertz CT molecular complexity index is 916. The van der Waals surface area contributed by atoms with Gasteiger partial charge in [0.25, 0.3) is 0 Å². The summed E-state index contributed by atoms with van der Waals surface area (Å²) < 4.78 is 5.27. The molecule has 2 aromatic carbocycles. The van der Waals surface area contributed by atoms with E-state index in [1.807, 2.05) is 24.3 Å². The fourth-order valence-electron chi connectivity index (χ4n) is 2.54. The molecule has 7 heteroatoms. The van der Waals surface area contributed by atoms with Crippen molar-refractivity contribution in [3.05, 3.63) is 48.0 Å². The van der Waals surface area contributed by atoms with E-state index in [1.54, 1.807) is 6.92 Å². The maximum atomic E-state index is 12.3. The molecule has 0 saturated heterocycles. The maximum Gasteiger partial charge on any atom is 0.227 e. The van der Waals surface area contributed by atoms with Gasteiger partial charge in [-0.05, 0) is 37.3 Å².